The second kappa shape index (κ2) is 2.90. The summed E-state index contributed by atoms with van der Waals surface area (Å²) in [5, 5.41) is 12.8. The van der Waals surface area contributed by atoms with Gasteiger partial charge in [0, 0.05) is 24.5 Å². The van der Waals surface area contributed by atoms with Crippen molar-refractivity contribution < 1.29 is 14.3 Å². The third kappa shape index (κ3) is 1.18. The van der Waals surface area contributed by atoms with Crippen molar-refractivity contribution in [1.82, 2.24) is 9.59 Å². The van der Waals surface area contributed by atoms with E-state index in [4.69, 9.17) is 9.52 Å². The summed E-state index contributed by atoms with van der Waals surface area (Å²) in [6, 6.07) is 1.55. The van der Waals surface area contributed by atoms with Crippen LogP contribution in [0.1, 0.15) is 22.0 Å². The number of furan rings is 1. The predicted molar refractivity (Wildman–Crippen MR) is 52.0 cm³/mol. The Morgan fingerprint density at radius 3 is 3.20 bits per heavy atom. The van der Waals surface area contributed by atoms with Gasteiger partial charge in [-0.15, -0.1) is 5.10 Å². The minimum Gasteiger partial charge on any atom is -0.475 e. The van der Waals surface area contributed by atoms with E-state index in [-0.39, 0.29) is 5.76 Å². The molecule has 0 spiro atoms. The Bertz CT molecular complexity index is 543. The third-order valence-corrected chi connectivity index (χ3v) is 3.21. The van der Waals surface area contributed by atoms with E-state index in [1.807, 2.05) is 0 Å². The molecule has 6 heteroatoms. The number of carboxylic acid groups (broad SMARTS) is 1. The molecule has 0 saturated heterocycles. The van der Waals surface area contributed by atoms with Gasteiger partial charge in [-0.1, -0.05) is 4.49 Å². The maximum atomic E-state index is 10.7. The van der Waals surface area contributed by atoms with Gasteiger partial charge in [-0.25, -0.2) is 4.79 Å². The van der Waals surface area contributed by atoms with Crippen molar-refractivity contribution in [3.8, 4) is 10.4 Å². The Labute approximate surface area is 88.5 Å². The molecule has 1 N–H and O–H groups in total. The molecule has 0 saturated carbocycles. The van der Waals surface area contributed by atoms with Crippen LogP contribution in [0.5, 0.6) is 0 Å². The van der Waals surface area contributed by atoms with E-state index in [0.717, 1.165) is 28.3 Å². The number of aromatic nitrogens is 2. The molecule has 1 aliphatic rings. The molecule has 2 aromatic rings. The molecule has 0 aromatic carbocycles. The van der Waals surface area contributed by atoms with Gasteiger partial charge in [0.05, 0.1) is 10.6 Å². The van der Waals surface area contributed by atoms with Crippen LogP contribution in [0.4, 0.5) is 0 Å². The second-order valence-electron chi connectivity index (χ2n) is 3.30. The summed E-state index contributed by atoms with van der Waals surface area (Å²) in [4.78, 5) is 11.7. The Hall–Kier alpha value is -1.69. The molecule has 0 atom stereocenters. The quantitative estimate of drug-likeness (QED) is 0.792. The van der Waals surface area contributed by atoms with Crippen molar-refractivity contribution in [2.45, 2.75) is 12.8 Å². The molecule has 76 valence electrons. The zero-order valence-corrected chi connectivity index (χ0v) is 8.37. The highest BCUT2D eigenvalue weighted by Gasteiger charge is 2.25. The number of rotatable bonds is 1. The summed E-state index contributed by atoms with van der Waals surface area (Å²) in [6.45, 7) is 0. The highest BCUT2D eigenvalue weighted by atomic mass is 32.1. The first-order valence-electron chi connectivity index (χ1n) is 4.43. The largest absolute Gasteiger partial charge is 0.475 e. The van der Waals surface area contributed by atoms with E-state index in [9.17, 15) is 4.79 Å². The number of hydrogen-bond acceptors (Lipinski definition) is 5. The SMILES string of the molecule is O=C(O)c1cc2c(o1)CCc1nnsc1-2. The van der Waals surface area contributed by atoms with Gasteiger partial charge in [0.25, 0.3) is 0 Å². The molecular formula is C9H6N2O3S. The van der Waals surface area contributed by atoms with Crippen LogP contribution in [-0.2, 0) is 12.8 Å². The number of carbonyl (C=O) groups is 1. The van der Waals surface area contributed by atoms with Crippen LogP contribution in [0.3, 0.4) is 0 Å². The van der Waals surface area contributed by atoms with Crippen molar-refractivity contribution in [3.63, 3.8) is 0 Å². The zero-order chi connectivity index (χ0) is 10.4. The van der Waals surface area contributed by atoms with Crippen molar-refractivity contribution in [2.75, 3.05) is 0 Å². The summed E-state index contributed by atoms with van der Waals surface area (Å²) < 4.78 is 9.10. The van der Waals surface area contributed by atoms with E-state index in [1.54, 1.807) is 6.07 Å². The van der Waals surface area contributed by atoms with Crippen molar-refractivity contribution in [3.05, 3.63) is 23.3 Å². The maximum absolute atomic E-state index is 10.7. The van der Waals surface area contributed by atoms with Gasteiger partial charge in [-0.3, -0.25) is 0 Å². The Morgan fingerprint density at radius 2 is 2.40 bits per heavy atom. The van der Waals surface area contributed by atoms with Crippen LogP contribution < -0.4 is 0 Å². The lowest BCUT2D eigenvalue weighted by molar-refractivity contribution is 0.0660. The van der Waals surface area contributed by atoms with Gasteiger partial charge in [0.15, 0.2) is 0 Å². The molecule has 1 aliphatic carbocycles. The fourth-order valence-electron chi connectivity index (χ4n) is 1.72. The van der Waals surface area contributed by atoms with Crippen LogP contribution in [-0.4, -0.2) is 20.7 Å². The summed E-state index contributed by atoms with van der Waals surface area (Å²) in [7, 11) is 0. The van der Waals surface area contributed by atoms with E-state index < -0.39 is 5.97 Å². The van der Waals surface area contributed by atoms with Crippen molar-refractivity contribution in [1.29, 1.82) is 0 Å². The number of fused-ring (bicyclic) bond motifs is 3. The summed E-state index contributed by atoms with van der Waals surface area (Å²) >= 11 is 1.28. The molecule has 0 unspecified atom stereocenters. The van der Waals surface area contributed by atoms with E-state index in [1.165, 1.54) is 11.5 Å². The first kappa shape index (κ1) is 8.60. The molecular weight excluding hydrogens is 216 g/mol. The van der Waals surface area contributed by atoms with Gasteiger partial charge in [-0.2, -0.15) is 0 Å². The van der Waals surface area contributed by atoms with E-state index in [0.29, 0.717) is 6.42 Å². The number of carboxylic acids is 1. The van der Waals surface area contributed by atoms with Crippen LogP contribution in [0.15, 0.2) is 10.5 Å². The van der Waals surface area contributed by atoms with Crippen molar-refractivity contribution >= 4 is 17.5 Å². The highest BCUT2D eigenvalue weighted by Crippen LogP contribution is 2.36. The summed E-state index contributed by atoms with van der Waals surface area (Å²) in [5.41, 5.74) is 1.77. The van der Waals surface area contributed by atoms with Crippen molar-refractivity contribution in [2.24, 2.45) is 0 Å². The third-order valence-electron chi connectivity index (χ3n) is 2.41. The predicted octanol–water partition coefficient (Wildman–Crippen LogP) is 1.59. The van der Waals surface area contributed by atoms with E-state index in [2.05, 4.69) is 9.59 Å². The minimum atomic E-state index is -1.04. The highest BCUT2D eigenvalue weighted by molar-refractivity contribution is 7.09. The fraction of sp³-hybridized carbons (Fsp3) is 0.222. The maximum Gasteiger partial charge on any atom is 0.371 e. The number of nitrogens with zero attached hydrogens (tertiary/aromatic N) is 2. The molecule has 15 heavy (non-hydrogen) atoms. The average Bonchev–Trinajstić information content (AvgIpc) is 2.82. The zero-order valence-electron chi connectivity index (χ0n) is 7.56. The summed E-state index contributed by atoms with van der Waals surface area (Å²) in [5.74, 6) is -0.323. The number of aryl methyl sites for hydroxylation is 2. The Balaban J connectivity index is 2.20. The lowest BCUT2D eigenvalue weighted by Gasteiger charge is -2.06. The minimum absolute atomic E-state index is 0.0127. The monoisotopic (exact) mass is 222 g/mol. The molecule has 3 rings (SSSR count). The topological polar surface area (TPSA) is 76.2 Å². The first-order chi connectivity index (χ1) is 7.25. The molecule has 2 heterocycles. The molecule has 0 radical (unpaired) electrons. The normalized spacial score (nSPS) is 13.3. The average molecular weight is 222 g/mol. The second-order valence-corrected chi connectivity index (χ2v) is 4.06. The van der Waals surface area contributed by atoms with Crippen LogP contribution in [0, 0.1) is 0 Å². The van der Waals surface area contributed by atoms with Crippen LogP contribution in [0.25, 0.3) is 10.4 Å². The molecule has 0 bridgehead atoms. The summed E-state index contributed by atoms with van der Waals surface area (Å²) in [6.07, 6.45) is 1.46. The number of aromatic carboxylic acids is 1. The molecule has 0 aliphatic heterocycles. The van der Waals surface area contributed by atoms with Gasteiger partial charge in [-0.05, 0) is 11.5 Å². The standard InChI is InChI=1S/C9H6N2O3S/c12-9(13)7-3-4-6(14-7)2-1-5-8(4)15-11-10-5/h3H,1-2H2,(H,12,13). The van der Waals surface area contributed by atoms with Gasteiger partial charge in [0.2, 0.25) is 5.76 Å². The number of hydrogen-bond donors (Lipinski definition) is 1. The first-order valence-corrected chi connectivity index (χ1v) is 5.20. The smallest absolute Gasteiger partial charge is 0.371 e. The van der Waals surface area contributed by atoms with Crippen LogP contribution in [0.2, 0.25) is 0 Å². The molecule has 0 amide bonds. The fourth-order valence-corrected chi connectivity index (χ4v) is 2.46. The van der Waals surface area contributed by atoms with Gasteiger partial charge >= 0.3 is 5.97 Å². The van der Waals surface area contributed by atoms with Gasteiger partial charge in [0.1, 0.15) is 5.76 Å². The van der Waals surface area contributed by atoms with E-state index >= 15 is 0 Å². The Kier molecular flexibility index (Phi) is 1.66. The van der Waals surface area contributed by atoms with Gasteiger partial charge < -0.3 is 9.52 Å². The lowest BCUT2D eigenvalue weighted by Crippen LogP contribution is -1.99. The molecule has 5 nitrogen and oxygen atoms in total. The molecule has 2 aromatic heterocycles. The lowest BCUT2D eigenvalue weighted by atomic mass is 10.0. The molecule has 0 fully saturated rings. The Morgan fingerprint density at radius 1 is 1.53 bits per heavy atom. The van der Waals surface area contributed by atoms with Crippen LogP contribution >= 0.6 is 11.5 Å².